The minimum absolute atomic E-state index is 0.0758. The van der Waals surface area contributed by atoms with Crippen molar-refractivity contribution in [2.45, 2.75) is 4.90 Å². The zero-order chi connectivity index (χ0) is 22.4. The van der Waals surface area contributed by atoms with Crippen molar-refractivity contribution in [2.75, 3.05) is 30.4 Å². The van der Waals surface area contributed by atoms with E-state index in [9.17, 15) is 13.2 Å². The van der Waals surface area contributed by atoms with Crippen LogP contribution in [0.5, 0.6) is 11.5 Å². The maximum Gasteiger partial charge on any atom is 0.264 e. The molecule has 0 unspecified atom stereocenters. The minimum atomic E-state index is -4.02. The van der Waals surface area contributed by atoms with E-state index in [1.807, 2.05) is 12.1 Å². The van der Waals surface area contributed by atoms with Gasteiger partial charge in [-0.25, -0.2) is 8.42 Å². The van der Waals surface area contributed by atoms with Crippen LogP contribution in [0.2, 0.25) is 0 Å². The topological polar surface area (TPSA) is 84.9 Å². The molecule has 0 saturated heterocycles. The van der Waals surface area contributed by atoms with Crippen molar-refractivity contribution < 1.29 is 22.7 Å². The standard InChI is InChI=1S/C22H21IN2O5S/c1-29-20-13-12-18(14-21(20)30-2)25(31(27,28)19-6-4-3-5-7-19)15-22(26)24-17-10-8-16(23)9-11-17/h3-14H,15H2,1-2H3,(H,24,26). The van der Waals surface area contributed by atoms with Crippen LogP contribution in [0.4, 0.5) is 11.4 Å². The number of hydrogen-bond acceptors (Lipinski definition) is 5. The number of benzene rings is 3. The molecule has 0 spiro atoms. The van der Waals surface area contributed by atoms with Gasteiger partial charge in [0.25, 0.3) is 10.0 Å². The summed E-state index contributed by atoms with van der Waals surface area (Å²) in [5.74, 6) is 0.327. The number of ether oxygens (including phenoxy) is 2. The van der Waals surface area contributed by atoms with Crippen molar-refractivity contribution in [2.24, 2.45) is 0 Å². The summed E-state index contributed by atoms with van der Waals surface area (Å²) in [5, 5.41) is 2.74. The smallest absolute Gasteiger partial charge is 0.264 e. The van der Waals surface area contributed by atoms with Gasteiger partial charge in [0, 0.05) is 15.3 Å². The number of halogens is 1. The van der Waals surface area contributed by atoms with Crippen molar-refractivity contribution in [1.29, 1.82) is 0 Å². The van der Waals surface area contributed by atoms with Crippen LogP contribution in [-0.4, -0.2) is 35.1 Å². The first-order chi connectivity index (χ1) is 14.8. The van der Waals surface area contributed by atoms with Crippen LogP contribution < -0.4 is 19.1 Å². The maximum absolute atomic E-state index is 13.4. The first kappa shape index (κ1) is 22.9. The summed E-state index contributed by atoms with van der Waals surface area (Å²) in [5.41, 5.74) is 0.856. The van der Waals surface area contributed by atoms with Crippen molar-refractivity contribution in [3.05, 3.63) is 76.4 Å². The normalized spacial score (nSPS) is 10.9. The van der Waals surface area contributed by atoms with E-state index in [4.69, 9.17) is 9.47 Å². The van der Waals surface area contributed by atoms with Gasteiger partial charge in [0.1, 0.15) is 6.54 Å². The fourth-order valence-electron chi connectivity index (χ4n) is 2.88. The zero-order valence-electron chi connectivity index (χ0n) is 16.9. The Morgan fingerprint density at radius 2 is 1.58 bits per heavy atom. The van der Waals surface area contributed by atoms with Crippen LogP contribution in [0.25, 0.3) is 0 Å². The van der Waals surface area contributed by atoms with Gasteiger partial charge in [-0.15, -0.1) is 0 Å². The lowest BCUT2D eigenvalue weighted by atomic mass is 10.2. The number of anilines is 2. The van der Waals surface area contributed by atoms with Gasteiger partial charge in [-0.1, -0.05) is 18.2 Å². The number of nitrogens with one attached hydrogen (secondary N) is 1. The second-order valence-electron chi connectivity index (χ2n) is 6.42. The monoisotopic (exact) mass is 552 g/mol. The van der Waals surface area contributed by atoms with Crippen LogP contribution in [0.15, 0.2) is 77.7 Å². The van der Waals surface area contributed by atoms with E-state index < -0.39 is 22.5 Å². The number of amides is 1. The largest absolute Gasteiger partial charge is 0.493 e. The van der Waals surface area contributed by atoms with E-state index in [1.165, 1.54) is 32.4 Å². The second kappa shape index (κ2) is 10.0. The molecule has 3 aromatic rings. The Bertz CT molecular complexity index is 1150. The van der Waals surface area contributed by atoms with Crippen LogP contribution in [-0.2, 0) is 14.8 Å². The van der Waals surface area contributed by atoms with Gasteiger partial charge in [0.05, 0.1) is 24.8 Å². The third-order valence-corrected chi connectivity index (χ3v) is 6.91. The molecule has 31 heavy (non-hydrogen) atoms. The highest BCUT2D eigenvalue weighted by Gasteiger charge is 2.28. The minimum Gasteiger partial charge on any atom is -0.493 e. The Balaban J connectivity index is 1.98. The summed E-state index contributed by atoms with van der Waals surface area (Å²) >= 11 is 2.16. The van der Waals surface area contributed by atoms with E-state index in [1.54, 1.807) is 42.5 Å². The van der Waals surface area contributed by atoms with Gasteiger partial charge >= 0.3 is 0 Å². The zero-order valence-corrected chi connectivity index (χ0v) is 19.9. The molecule has 1 N–H and O–H groups in total. The Morgan fingerprint density at radius 1 is 0.935 bits per heavy atom. The average Bonchev–Trinajstić information content (AvgIpc) is 2.79. The number of hydrogen-bond donors (Lipinski definition) is 1. The van der Waals surface area contributed by atoms with Crippen molar-refractivity contribution in [3.63, 3.8) is 0 Å². The van der Waals surface area contributed by atoms with Gasteiger partial charge in [0.2, 0.25) is 5.91 Å². The number of nitrogens with zero attached hydrogens (tertiary/aromatic N) is 1. The molecule has 0 saturated carbocycles. The molecular formula is C22H21IN2O5S. The first-order valence-electron chi connectivity index (χ1n) is 9.20. The van der Waals surface area contributed by atoms with Gasteiger partial charge in [-0.3, -0.25) is 9.10 Å². The Labute approximate surface area is 195 Å². The average molecular weight is 552 g/mol. The Kier molecular flexibility index (Phi) is 7.39. The number of carbonyl (C=O) groups excluding carboxylic acids is 1. The summed E-state index contributed by atoms with van der Waals surface area (Å²) in [4.78, 5) is 12.8. The fourth-order valence-corrected chi connectivity index (χ4v) is 4.67. The maximum atomic E-state index is 13.4. The number of sulfonamides is 1. The van der Waals surface area contributed by atoms with Crippen molar-refractivity contribution in [1.82, 2.24) is 0 Å². The summed E-state index contributed by atoms with van der Waals surface area (Å²) in [6.07, 6.45) is 0. The molecule has 0 heterocycles. The van der Waals surface area contributed by atoms with Crippen LogP contribution in [0.1, 0.15) is 0 Å². The molecular weight excluding hydrogens is 531 g/mol. The van der Waals surface area contributed by atoms with Crippen molar-refractivity contribution in [3.8, 4) is 11.5 Å². The summed E-state index contributed by atoms with van der Waals surface area (Å²) < 4.78 is 39.4. The fraction of sp³-hybridized carbons (Fsp3) is 0.136. The van der Waals surface area contributed by atoms with E-state index in [-0.39, 0.29) is 10.6 Å². The lowest BCUT2D eigenvalue weighted by Gasteiger charge is -2.25. The van der Waals surface area contributed by atoms with E-state index in [2.05, 4.69) is 27.9 Å². The predicted octanol–water partition coefficient (Wildman–Crippen LogP) is 4.14. The van der Waals surface area contributed by atoms with Gasteiger partial charge < -0.3 is 14.8 Å². The third-order valence-electron chi connectivity index (χ3n) is 4.40. The van der Waals surface area contributed by atoms with E-state index >= 15 is 0 Å². The molecule has 0 aliphatic heterocycles. The highest BCUT2D eigenvalue weighted by atomic mass is 127. The number of methoxy groups -OCH3 is 2. The predicted molar refractivity (Wildman–Crippen MR) is 128 cm³/mol. The summed E-state index contributed by atoms with van der Waals surface area (Å²) in [6, 6.07) is 19.9. The molecule has 162 valence electrons. The second-order valence-corrected chi connectivity index (χ2v) is 9.53. The lowest BCUT2D eigenvalue weighted by Crippen LogP contribution is -2.38. The van der Waals surface area contributed by atoms with E-state index in [0.29, 0.717) is 17.2 Å². The molecule has 0 radical (unpaired) electrons. The van der Waals surface area contributed by atoms with Gasteiger partial charge in [0.15, 0.2) is 11.5 Å². The molecule has 0 aliphatic rings. The van der Waals surface area contributed by atoms with Crippen LogP contribution >= 0.6 is 22.6 Å². The summed E-state index contributed by atoms with van der Waals surface area (Å²) in [7, 11) is -1.07. The molecule has 9 heteroatoms. The number of rotatable bonds is 8. The van der Waals surface area contributed by atoms with Crippen molar-refractivity contribution >= 4 is 49.9 Å². The van der Waals surface area contributed by atoms with Crippen LogP contribution in [0, 0.1) is 3.57 Å². The molecule has 0 aliphatic carbocycles. The third kappa shape index (κ3) is 5.47. The quantitative estimate of drug-likeness (QED) is 0.425. The molecule has 3 aromatic carbocycles. The molecule has 7 nitrogen and oxygen atoms in total. The first-order valence-corrected chi connectivity index (χ1v) is 11.7. The number of carbonyl (C=O) groups is 1. The summed E-state index contributed by atoms with van der Waals surface area (Å²) in [6.45, 7) is -0.418. The van der Waals surface area contributed by atoms with E-state index in [0.717, 1.165) is 7.88 Å². The lowest BCUT2D eigenvalue weighted by molar-refractivity contribution is -0.114. The molecule has 3 rings (SSSR count). The molecule has 0 aromatic heterocycles. The van der Waals surface area contributed by atoms with Gasteiger partial charge in [-0.05, 0) is 71.1 Å². The molecule has 0 atom stereocenters. The molecule has 0 bridgehead atoms. The van der Waals surface area contributed by atoms with Gasteiger partial charge in [-0.2, -0.15) is 0 Å². The SMILES string of the molecule is COc1ccc(N(CC(=O)Nc2ccc(I)cc2)S(=O)(=O)c2ccccc2)cc1OC. The highest BCUT2D eigenvalue weighted by molar-refractivity contribution is 14.1. The Morgan fingerprint density at radius 3 is 2.19 bits per heavy atom. The Hall–Kier alpha value is -2.79. The van der Waals surface area contributed by atoms with Crippen LogP contribution in [0.3, 0.4) is 0 Å². The molecule has 0 fully saturated rings. The highest BCUT2D eigenvalue weighted by Crippen LogP contribution is 2.33. The molecule has 1 amide bonds.